The van der Waals surface area contributed by atoms with E-state index in [1.165, 1.54) is 0 Å². The van der Waals surface area contributed by atoms with Gasteiger partial charge in [-0.05, 0) is 36.1 Å². The quantitative estimate of drug-likeness (QED) is 0.746. The molecule has 5 nitrogen and oxygen atoms in total. The summed E-state index contributed by atoms with van der Waals surface area (Å²) >= 11 is 0. The van der Waals surface area contributed by atoms with Crippen LogP contribution in [0.3, 0.4) is 0 Å². The number of pyridine rings is 1. The van der Waals surface area contributed by atoms with Gasteiger partial charge < -0.3 is 9.73 Å². The number of fused-ring (bicyclic) bond motifs is 1. The van der Waals surface area contributed by atoms with Crippen molar-refractivity contribution in [2.75, 3.05) is 6.54 Å². The first-order valence-electron chi connectivity index (χ1n) is 8.59. The van der Waals surface area contributed by atoms with Crippen molar-refractivity contribution >= 4 is 17.0 Å². The minimum Gasteiger partial charge on any atom is -0.441 e. The summed E-state index contributed by atoms with van der Waals surface area (Å²) in [6, 6.07) is 9.68. The highest BCUT2D eigenvalue weighted by Gasteiger charge is 2.24. The van der Waals surface area contributed by atoms with E-state index in [2.05, 4.69) is 15.3 Å². The van der Waals surface area contributed by atoms with Crippen LogP contribution in [0.15, 0.2) is 47.1 Å². The van der Waals surface area contributed by atoms with Crippen LogP contribution in [0.5, 0.6) is 0 Å². The zero-order chi connectivity index (χ0) is 17.8. The molecule has 0 aliphatic rings. The highest BCUT2D eigenvalue weighted by Crippen LogP contribution is 2.24. The first kappa shape index (κ1) is 17.1. The molecule has 130 valence electrons. The van der Waals surface area contributed by atoms with Gasteiger partial charge in [-0.25, -0.2) is 4.98 Å². The summed E-state index contributed by atoms with van der Waals surface area (Å²) in [5.74, 6) is 0.637. The maximum absolute atomic E-state index is 12.6. The summed E-state index contributed by atoms with van der Waals surface area (Å²) in [7, 11) is 0. The average molecular weight is 337 g/mol. The first-order valence-corrected chi connectivity index (χ1v) is 8.59. The van der Waals surface area contributed by atoms with Crippen LogP contribution >= 0.6 is 0 Å². The molecule has 0 saturated heterocycles. The van der Waals surface area contributed by atoms with Gasteiger partial charge in [0.15, 0.2) is 11.5 Å². The van der Waals surface area contributed by atoms with Gasteiger partial charge in [0.05, 0.1) is 5.92 Å². The van der Waals surface area contributed by atoms with Crippen molar-refractivity contribution in [2.24, 2.45) is 5.92 Å². The predicted octanol–water partition coefficient (Wildman–Crippen LogP) is 3.63. The van der Waals surface area contributed by atoms with Crippen LogP contribution in [-0.4, -0.2) is 22.4 Å². The van der Waals surface area contributed by atoms with Crippen LogP contribution < -0.4 is 5.32 Å². The van der Waals surface area contributed by atoms with Crippen molar-refractivity contribution in [2.45, 2.75) is 33.1 Å². The van der Waals surface area contributed by atoms with Crippen LogP contribution in [0.25, 0.3) is 11.1 Å². The summed E-state index contributed by atoms with van der Waals surface area (Å²) in [5.41, 5.74) is 3.71. The van der Waals surface area contributed by atoms with Crippen LogP contribution in [0.1, 0.15) is 36.8 Å². The minimum atomic E-state index is -0.209. The van der Waals surface area contributed by atoms with Gasteiger partial charge in [0.2, 0.25) is 5.91 Å². The molecule has 2 heterocycles. The number of nitrogens with zero attached hydrogens (tertiary/aromatic N) is 2. The lowest BCUT2D eigenvalue weighted by molar-refractivity contribution is -0.123. The summed E-state index contributed by atoms with van der Waals surface area (Å²) in [6.45, 7) is 6.59. The van der Waals surface area contributed by atoms with Crippen LogP contribution in [0, 0.1) is 12.8 Å². The lowest BCUT2D eigenvalue weighted by atomic mass is 9.88. The van der Waals surface area contributed by atoms with Gasteiger partial charge in [-0.1, -0.05) is 32.0 Å². The standard InChI is InChI=1S/C20H23N3O2/c1-13(2)18(15-7-5-10-21-12-15)20(24)22-11-9-17-23-19-14(3)6-4-8-16(19)25-17/h4-8,10,12-13,18H,9,11H2,1-3H3,(H,22,24)/t18-/m0/s1. The second kappa shape index (κ2) is 7.47. The Hall–Kier alpha value is -2.69. The second-order valence-corrected chi connectivity index (χ2v) is 6.58. The van der Waals surface area contributed by atoms with E-state index >= 15 is 0 Å². The number of para-hydroxylation sites is 1. The Morgan fingerprint density at radius 1 is 1.24 bits per heavy atom. The number of hydrogen-bond acceptors (Lipinski definition) is 4. The molecule has 1 aromatic carbocycles. The smallest absolute Gasteiger partial charge is 0.227 e. The van der Waals surface area contributed by atoms with Crippen molar-refractivity contribution in [1.82, 2.24) is 15.3 Å². The van der Waals surface area contributed by atoms with Gasteiger partial charge in [-0.2, -0.15) is 0 Å². The molecule has 25 heavy (non-hydrogen) atoms. The van der Waals surface area contributed by atoms with Crippen molar-refractivity contribution in [3.63, 3.8) is 0 Å². The number of hydrogen-bond donors (Lipinski definition) is 1. The molecule has 0 unspecified atom stereocenters. The Kier molecular flexibility index (Phi) is 5.12. The molecule has 0 aliphatic heterocycles. The molecule has 1 N–H and O–H groups in total. The van der Waals surface area contributed by atoms with Crippen molar-refractivity contribution in [1.29, 1.82) is 0 Å². The third-order valence-electron chi connectivity index (χ3n) is 4.30. The van der Waals surface area contributed by atoms with E-state index in [0.29, 0.717) is 18.9 Å². The molecular weight excluding hydrogens is 314 g/mol. The largest absolute Gasteiger partial charge is 0.441 e. The van der Waals surface area contributed by atoms with E-state index in [1.807, 2.05) is 51.1 Å². The van der Waals surface area contributed by atoms with Gasteiger partial charge in [0, 0.05) is 25.4 Å². The van der Waals surface area contributed by atoms with Gasteiger partial charge in [-0.3, -0.25) is 9.78 Å². The Balaban J connectivity index is 1.63. The second-order valence-electron chi connectivity index (χ2n) is 6.58. The molecule has 1 atom stereocenters. The number of oxazole rings is 1. The van der Waals surface area contributed by atoms with Gasteiger partial charge in [0.1, 0.15) is 5.52 Å². The molecule has 1 amide bonds. The molecule has 5 heteroatoms. The van der Waals surface area contributed by atoms with Gasteiger partial charge >= 0.3 is 0 Å². The molecule has 2 aromatic heterocycles. The lowest BCUT2D eigenvalue weighted by Gasteiger charge is -2.20. The fourth-order valence-corrected chi connectivity index (χ4v) is 3.04. The zero-order valence-electron chi connectivity index (χ0n) is 14.8. The van der Waals surface area contributed by atoms with E-state index in [-0.39, 0.29) is 17.7 Å². The highest BCUT2D eigenvalue weighted by atomic mass is 16.3. The van der Waals surface area contributed by atoms with Gasteiger partial charge in [-0.15, -0.1) is 0 Å². The Labute approximate surface area is 147 Å². The minimum absolute atomic E-state index is 0.00953. The number of rotatable bonds is 6. The van der Waals surface area contributed by atoms with Crippen LogP contribution in [-0.2, 0) is 11.2 Å². The average Bonchev–Trinajstić information content (AvgIpc) is 3.00. The first-order chi connectivity index (χ1) is 12.1. The molecule has 0 radical (unpaired) electrons. The molecule has 0 bridgehead atoms. The van der Waals surface area contributed by atoms with Crippen molar-refractivity contribution in [3.8, 4) is 0 Å². The third-order valence-corrected chi connectivity index (χ3v) is 4.30. The third kappa shape index (κ3) is 3.87. The van der Waals surface area contributed by atoms with E-state index in [4.69, 9.17) is 4.42 Å². The van der Waals surface area contributed by atoms with Gasteiger partial charge in [0.25, 0.3) is 0 Å². The Bertz CT molecular complexity index is 856. The molecule has 3 rings (SSSR count). The number of aromatic nitrogens is 2. The maximum atomic E-state index is 12.6. The summed E-state index contributed by atoms with van der Waals surface area (Å²) in [6.07, 6.45) is 4.04. The number of benzene rings is 1. The van der Waals surface area contributed by atoms with Crippen molar-refractivity contribution < 1.29 is 9.21 Å². The SMILES string of the molecule is Cc1cccc2oc(CCNC(=O)[C@H](c3cccnc3)C(C)C)nc12. The predicted molar refractivity (Wildman–Crippen MR) is 97.3 cm³/mol. The van der Waals surface area contributed by atoms with E-state index in [1.54, 1.807) is 12.4 Å². The molecule has 0 saturated carbocycles. The van der Waals surface area contributed by atoms with Crippen LogP contribution in [0.2, 0.25) is 0 Å². The number of carbonyl (C=O) groups excluding carboxylic acids is 1. The summed E-state index contributed by atoms with van der Waals surface area (Å²) in [5, 5.41) is 3.00. The van der Waals surface area contributed by atoms with Crippen LogP contribution in [0.4, 0.5) is 0 Å². The molecule has 0 spiro atoms. The topological polar surface area (TPSA) is 68.0 Å². The number of nitrogens with one attached hydrogen (secondary N) is 1. The zero-order valence-corrected chi connectivity index (χ0v) is 14.8. The Morgan fingerprint density at radius 3 is 2.76 bits per heavy atom. The fraction of sp³-hybridized carbons (Fsp3) is 0.350. The molecule has 0 fully saturated rings. The molecule has 0 aliphatic carbocycles. The van der Waals surface area contributed by atoms with E-state index in [0.717, 1.165) is 22.2 Å². The highest BCUT2D eigenvalue weighted by molar-refractivity contribution is 5.83. The van der Waals surface area contributed by atoms with Crippen molar-refractivity contribution in [3.05, 3.63) is 59.7 Å². The van der Waals surface area contributed by atoms with E-state index in [9.17, 15) is 4.79 Å². The lowest BCUT2D eigenvalue weighted by Crippen LogP contribution is -2.33. The number of carbonyl (C=O) groups is 1. The fourth-order valence-electron chi connectivity index (χ4n) is 3.04. The number of aryl methyl sites for hydroxylation is 1. The summed E-state index contributed by atoms with van der Waals surface area (Å²) < 4.78 is 5.75. The molecule has 3 aromatic rings. The molecular formula is C20H23N3O2. The Morgan fingerprint density at radius 2 is 2.08 bits per heavy atom. The summed E-state index contributed by atoms with van der Waals surface area (Å²) in [4.78, 5) is 21.3. The number of amides is 1. The maximum Gasteiger partial charge on any atom is 0.227 e. The normalized spacial score (nSPS) is 12.5. The van der Waals surface area contributed by atoms with E-state index < -0.39 is 0 Å². The monoisotopic (exact) mass is 337 g/mol.